The van der Waals surface area contributed by atoms with Crippen LogP contribution in [0.25, 0.3) is 11.0 Å². The summed E-state index contributed by atoms with van der Waals surface area (Å²) < 4.78 is 20.0. The SMILES string of the molecule is CCOC(=O)CCc1c(C)c2ccc(OCC(=O)OC)cc2oc1=O. The Morgan fingerprint density at radius 2 is 1.96 bits per heavy atom. The van der Waals surface area contributed by atoms with Crippen LogP contribution >= 0.6 is 0 Å². The molecule has 0 radical (unpaired) electrons. The summed E-state index contributed by atoms with van der Waals surface area (Å²) in [5, 5.41) is 0.740. The van der Waals surface area contributed by atoms with Crippen molar-refractivity contribution in [3.8, 4) is 5.75 Å². The number of hydrogen-bond donors (Lipinski definition) is 0. The molecule has 0 unspecified atom stereocenters. The Morgan fingerprint density at radius 3 is 2.64 bits per heavy atom. The van der Waals surface area contributed by atoms with Gasteiger partial charge in [0.15, 0.2) is 6.61 Å². The number of rotatable bonds is 7. The second-order valence-electron chi connectivity index (χ2n) is 5.32. The third kappa shape index (κ3) is 4.59. The predicted octanol–water partition coefficient (Wildman–Crippen LogP) is 2.15. The average molecular weight is 348 g/mol. The largest absolute Gasteiger partial charge is 0.482 e. The van der Waals surface area contributed by atoms with Gasteiger partial charge in [-0.25, -0.2) is 9.59 Å². The highest BCUT2D eigenvalue weighted by atomic mass is 16.6. The summed E-state index contributed by atoms with van der Waals surface area (Å²) in [6.45, 7) is 3.60. The summed E-state index contributed by atoms with van der Waals surface area (Å²) in [4.78, 5) is 34.8. The highest BCUT2D eigenvalue weighted by molar-refractivity contribution is 5.82. The second kappa shape index (κ2) is 8.32. The van der Waals surface area contributed by atoms with Crippen LogP contribution in [0.1, 0.15) is 24.5 Å². The normalized spacial score (nSPS) is 10.5. The van der Waals surface area contributed by atoms with Gasteiger partial charge in [-0.2, -0.15) is 0 Å². The van der Waals surface area contributed by atoms with Gasteiger partial charge in [0.05, 0.1) is 13.7 Å². The van der Waals surface area contributed by atoms with E-state index in [4.69, 9.17) is 13.9 Å². The first-order chi connectivity index (χ1) is 12.0. The molecule has 0 fully saturated rings. The Hall–Kier alpha value is -2.83. The number of fused-ring (bicyclic) bond motifs is 1. The van der Waals surface area contributed by atoms with E-state index in [1.54, 1.807) is 32.0 Å². The number of aryl methyl sites for hydroxylation is 1. The van der Waals surface area contributed by atoms with E-state index in [0.29, 0.717) is 23.5 Å². The fourth-order valence-electron chi connectivity index (χ4n) is 2.41. The lowest BCUT2D eigenvalue weighted by molar-refractivity contribution is -0.143. The Kier molecular flexibility index (Phi) is 6.16. The third-order valence-electron chi connectivity index (χ3n) is 3.73. The molecular formula is C18H20O7. The zero-order valence-electron chi connectivity index (χ0n) is 14.4. The maximum atomic E-state index is 12.2. The molecule has 0 aliphatic heterocycles. The van der Waals surface area contributed by atoms with Gasteiger partial charge in [-0.1, -0.05) is 0 Å². The summed E-state index contributed by atoms with van der Waals surface area (Å²) in [7, 11) is 1.27. The van der Waals surface area contributed by atoms with Crippen molar-refractivity contribution in [3.05, 3.63) is 39.7 Å². The fourth-order valence-corrected chi connectivity index (χ4v) is 2.41. The van der Waals surface area contributed by atoms with E-state index in [9.17, 15) is 14.4 Å². The number of ether oxygens (including phenoxy) is 3. The molecule has 1 heterocycles. The van der Waals surface area contributed by atoms with Gasteiger partial charge in [0, 0.05) is 23.4 Å². The lowest BCUT2D eigenvalue weighted by Crippen LogP contribution is -2.14. The minimum Gasteiger partial charge on any atom is -0.482 e. The maximum Gasteiger partial charge on any atom is 0.343 e. The van der Waals surface area contributed by atoms with Crippen molar-refractivity contribution in [3.63, 3.8) is 0 Å². The maximum absolute atomic E-state index is 12.2. The van der Waals surface area contributed by atoms with Crippen LogP contribution in [0.15, 0.2) is 27.4 Å². The van der Waals surface area contributed by atoms with Crippen molar-refractivity contribution in [1.82, 2.24) is 0 Å². The van der Waals surface area contributed by atoms with Crippen molar-refractivity contribution in [1.29, 1.82) is 0 Å². The van der Waals surface area contributed by atoms with Gasteiger partial charge in [0.2, 0.25) is 0 Å². The number of hydrogen-bond acceptors (Lipinski definition) is 7. The third-order valence-corrected chi connectivity index (χ3v) is 3.73. The molecule has 0 saturated carbocycles. The molecule has 134 valence electrons. The molecule has 1 aromatic heterocycles. The highest BCUT2D eigenvalue weighted by Crippen LogP contribution is 2.24. The first kappa shape index (κ1) is 18.5. The Balaban J connectivity index is 2.25. The van der Waals surface area contributed by atoms with Crippen molar-refractivity contribution in [2.24, 2.45) is 0 Å². The topological polar surface area (TPSA) is 92.0 Å². The summed E-state index contributed by atoms with van der Waals surface area (Å²) in [6, 6.07) is 4.96. The molecule has 7 heteroatoms. The van der Waals surface area contributed by atoms with Crippen molar-refractivity contribution in [2.45, 2.75) is 26.7 Å². The lowest BCUT2D eigenvalue weighted by atomic mass is 10.0. The Morgan fingerprint density at radius 1 is 1.20 bits per heavy atom. The second-order valence-corrected chi connectivity index (χ2v) is 5.32. The molecular weight excluding hydrogens is 328 g/mol. The molecule has 2 aromatic rings. The summed E-state index contributed by atoms with van der Waals surface area (Å²) in [6.07, 6.45) is 0.370. The van der Waals surface area contributed by atoms with Crippen molar-refractivity contribution < 1.29 is 28.2 Å². The van der Waals surface area contributed by atoms with Crippen molar-refractivity contribution in [2.75, 3.05) is 20.3 Å². The molecule has 0 spiro atoms. The van der Waals surface area contributed by atoms with Crippen LogP contribution in [-0.2, 0) is 25.5 Å². The molecule has 0 N–H and O–H groups in total. The first-order valence-electron chi connectivity index (χ1n) is 7.87. The van der Waals surface area contributed by atoms with Gasteiger partial charge in [0.1, 0.15) is 11.3 Å². The van der Waals surface area contributed by atoms with Crippen LogP contribution < -0.4 is 10.4 Å². The number of carbonyl (C=O) groups excluding carboxylic acids is 2. The molecule has 7 nitrogen and oxygen atoms in total. The molecule has 25 heavy (non-hydrogen) atoms. The zero-order valence-corrected chi connectivity index (χ0v) is 14.4. The Bertz CT molecular complexity index is 835. The summed E-state index contributed by atoms with van der Waals surface area (Å²) >= 11 is 0. The van der Waals surface area contributed by atoms with Crippen LogP contribution in [0.4, 0.5) is 0 Å². The van der Waals surface area contributed by atoms with E-state index < -0.39 is 11.6 Å². The van der Waals surface area contributed by atoms with Gasteiger partial charge in [-0.15, -0.1) is 0 Å². The van der Waals surface area contributed by atoms with E-state index in [-0.39, 0.29) is 25.4 Å². The minimum absolute atomic E-state index is 0.116. The van der Waals surface area contributed by atoms with Crippen molar-refractivity contribution >= 4 is 22.9 Å². The standard InChI is InChI=1S/C18H20O7/c1-4-23-16(19)8-7-14-11(2)13-6-5-12(24-10-17(20)22-3)9-15(13)25-18(14)21/h5-6,9H,4,7-8,10H2,1-3H3. The van der Waals surface area contributed by atoms with Crippen LogP contribution in [0.3, 0.4) is 0 Å². The number of esters is 2. The first-order valence-corrected chi connectivity index (χ1v) is 7.87. The molecule has 0 bridgehead atoms. The van der Waals surface area contributed by atoms with Gasteiger partial charge in [-0.05, 0) is 38.0 Å². The molecule has 0 amide bonds. The molecule has 0 atom stereocenters. The van der Waals surface area contributed by atoms with Gasteiger partial charge in [-0.3, -0.25) is 4.79 Å². The number of carbonyl (C=O) groups is 2. The van der Waals surface area contributed by atoms with E-state index >= 15 is 0 Å². The van der Waals surface area contributed by atoms with Gasteiger partial charge in [0.25, 0.3) is 0 Å². The average Bonchev–Trinajstić information content (AvgIpc) is 2.59. The monoisotopic (exact) mass is 348 g/mol. The summed E-state index contributed by atoms with van der Waals surface area (Å²) in [5.74, 6) is -0.472. The number of benzene rings is 1. The van der Waals surface area contributed by atoms with Crippen LogP contribution in [-0.4, -0.2) is 32.3 Å². The fraction of sp³-hybridized carbons (Fsp3) is 0.389. The molecule has 0 saturated heterocycles. The molecule has 0 aliphatic rings. The van der Waals surface area contributed by atoms with E-state index in [1.807, 2.05) is 0 Å². The van der Waals surface area contributed by atoms with E-state index in [0.717, 1.165) is 10.9 Å². The summed E-state index contributed by atoms with van der Waals surface area (Å²) in [5.41, 5.74) is 1.04. The predicted molar refractivity (Wildman–Crippen MR) is 89.7 cm³/mol. The van der Waals surface area contributed by atoms with Crippen LogP contribution in [0, 0.1) is 6.92 Å². The zero-order chi connectivity index (χ0) is 18.4. The van der Waals surface area contributed by atoms with Gasteiger partial charge >= 0.3 is 17.6 Å². The molecule has 1 aromatic carbocycles. The van der Waals surface area contributed by atoms with Crippen LogP contribution in [0.5, 0.6) is 5.75 Å². The minimum atomic E-state index is -0.507. The number of methoxy groups -OCH3 is 1. The molecule has 0 aliphatic carbocycles. The highest BCUT2D eigenvalue weighted by Gasteiger charge is 2.14. The lowest BCUT2D eigenvalue weighted by Gasteiger charge is -2.09. The molecule has 2 rings (SSSR count). The Labute approximate surface area is 144 Å². The van der Waals surface area contributed by atoms with E-state index in [1.165, 1.54) is 7.11 Å². The van der Waals surface area contributed by atoms with E-state index in [2.05, 4.69) is 4.74 Å². The van der Waals surface area contributed by atoms with Crippen LogP contribution in [0.2, 0.25) is 0 Å². The smallest absolute Gasteiger partial charge is 0.343 e. The quantitative estimate of drug-likeness (QED) is 0.559. The van der Waals surface area contributed by atoms with Gasteiger partial charge < -0.3 is 18.6 Å².